The molecule has 4 aliphatic rings. The summed E-state index contributed by atoms with van der Waals surface area (Å²) in [5, 5.41) is 3.22. The van der Waals surface area contributed by atoms with E-state index in [0.717, 1.165) is 6.42 Å². The lowest BCUT2D eigenvalue weighted by Crippen LogP contribution is -2.32. The molecule has 1 saturated carbocycles. The van der Waals surface area contributed by atoms with Gasteiger partial charge in [-0.25, -0.2) is 0 Å². The smallest absolute Gasteiger partial charge is 0.240 e. The topological polar surface area (TPSA) is 61.8 Å². The van der Waals surface area contributed by atoms with Crippen LogP contribution in [-0.2, 0) is 22.7 Å². The van der Waals surface area contributed by atoms with E-state index in [-0.39, 0.29) is 29.5 Å². The second-order valence-corrected chi connectivity index (χ2v) is 8.79. The highest BCUT2D eigenvalue weighted by Gasteiger charge is 2.38. The highest BCUT2D eigenvalue weighted by molar-refractivity contribution is 8.15. The predicted molar refractivity (Wildman–Crippen MR) is 101 cm³/mol. The molecule has 0 radical (unpaired) electrons. The summed E-state index contributed by atoms with van der Waals surface area (Å²) in [5.41, 5.74) is 2.41. The van der Waals surface area contributed by atoms with Crippen molar-refractivity contribution in [3.8, 4) is 0 Å². The SMILES string of the molecule is O=C1NC(=NC2CC3C=CC2C3)SC1CC(=O)N1Cc2ccccc2C1. The molecule has 1 aromatic rings. The zero-order valence-electron chi connectivity index (χ0n) is 14.4. The van der Waals surface area contributed by atoms with Crippen LogP contribution in [0.5, 0.6) is 0 Å². The van der Waals surface area contributed by atoms with Crippen LogP contribution in [0.3, 0.4) is 0 Å². The van der Waals surface area contributed by atoms with Gasteiger partial charge < -0.3 is 10.2 Å². The van der Waals surface area contributed by atoms with E-state index in [2.05, 4.69) is 29.6 Å². The molecule has 4 atom stereocenters. The molecular weight excluding hydrogens is 346 g/mol. The van der Waals surface area contributed by atoms with E-state index in [1.54, 1.807) is 0 Å². The van der Waals surface area contributed by atoms with Crippen LogP contribution in [0.1, 0.15) is 30.4 Å². The minimum atomic E-state index is -0.362. The molecule has 2 aliphatic carbocycles. The summed E-state index contributed by atoms with van der Waals surface area (Å²) < 4.78 is 0. The van der Waals surface area contributed by atoms with Gasteiger partial charge in [0.2, 0.25) is 11.8 Å². The number of carbonyl (C=O) groups excluding carboxylic acids is 2. The molecule has 2 heterocycles. The second-order valence-electron chi connectivity index (χ2n) is 7.60. The Balaban J connectivity index is 1.21. The summed E-state index contributed by atoms with van der Waals surface area (Å²) in [6.45, 7) is 1.29. The molecule has 26 heavy (non-hydrogen) atoms. The maximum absolute atomic E-state index is 12.7. The zero-order valence-corrected chi connectivity index (χ0v) is 15.2. The average Bonchev–Trinajstić information content (AvgIpc) is 3.39. The van der Waals surface area contributed by atoms with Gasteiger partial charge in [-0.15, -0.1) is 0 Å². The van der Waals surface area contributed by atoms with Crippen LogP contribution >= 0.6 is 11.8 Å². The Kier molecular flexibility index (Phi) is 3.89. The number of aliphatic imine (C=N–C) groups is 1. The number of hydrogen-bond donors (Lipinski definition) is 1. The van der Waals surface area contributed by atoms with Crippen LogP contribution in [0.4, 0.5) is 0 Å². The Bertz CT molecular complexity index is 809. The average molecular weight is 367 g/mol. The fraction of sp³-hybridized carbons (Fsp3) is 0.450. The Morgan fingerprint density at radius 1 is 1.19 bits per heavy atom. The zero-order chi connectivity index (χ0) is 17.7. The number of benzene rings is 1. The van der Waals surface area contributed by atoms with Gasteiger partial charge in [0.05, 0.1) is 6.04 Å². The highest BCUT2D eigenvalue weighted by Crippen LogP contribution is 2.41. The summed E-state index contributed by atoms with van der Waals surface area (Å²) in [4.78, 5) is 31.6. The lowest BCUT2D eigenvalue weighted by molar-refractivity contribution is -0.133. The first kappa shape index (κ1) is 16.1. The van der Waals surface area contributed by atoms with Gasteiger partial charge in [-0.1, -0.05) is 48.2 Å². The van der Waals surface area contributed by atoms with Gasteiger partial charge in [0.25, 0.3) is 0 Å². The molecule has 134 valence electrons. The standard InChI is InChI=1S/C20H21N3O2S/c24-18(23-10-14-3-1-2-4-15(14)11-23)9-17-19(25)22-20(26-17)21-16-8-12-5-6-13(16)7-12/h1-6,12-13,16-17H,7-11H2,(H,21,22,25). The number of carbonyl (C=O) groups is 2. The number of rotatable bonds is 3. The molecule has 1 N–H and O–H groups in total. The van der Waals surface area contributed by atoms with Crippen LogP contribution in [0.2, 0.25) is 0 Å². The van der Waals surface area contributed by atoms with E-state index in [1.807, 2.05) is 17.0 Å². The molecule has 2 bridgehead atoms. The largest absolute Gasteiger partial charge is 0.334 e. The van der Waals surface area contributed by atoms with Crippen molar-refractivity contribution in [2.24, 2.45) is 16.8 Å². The minimum Gasteiger partial charge on any atom is -0.334 e. The summed E-state index contributed by atoms with van der Waals surface area (Å²) in [6, 6.07) is 8.42. The maximum Gasteiger partial charge on any atom is 0.240 e. The molecule has 6 heteroatoms. The molecule has 2 amide bonds. The summed E-state index contributed by atoms with van der Waals surface area (Å²) >= 11 is 1.42. The first-order chi connectivity index (χ1) is 12.7. The van der Waals surface area contributed by atoms with Crippen molar-refractivity contribution in [3.05, 3.63) is 47.5 Å². The number of fused-ring (bicyclic) bond motifs is 3. The van der Waals surface area contributed by atoms with Gasteiger partial charge in [0.1, 0.15) is 5.25 Å². The summed E-state index contributed by atoms with van der Waals surface area (Å²) in [6.07, 6.45) is 7.06. The Morgan fingerprint density at radius 3 is 2.62 bits per heavy atom. The normalized spacial score (nSPS) is 33.2. The monoisotopic (exact) mass is 367 g/mol. The minimum absolute atomic E-state index is 0.0398. The van der Waals surface area contributed by atoms with Gasteiger partial charge in [0.15, 0.2) is 5.17 Å². The van der Waals surface area contributed by atoms with Crippen molar-refractivity contribution in [2.45, 2.75) is 43.6 Å². The molecule has 5 rings (SSSR count). The third-order valence-electron chi connectivity index (χ3n) is 5.86. The number of hydrogen-bond acceptors (Lipinski definition) is 4. The van der Waals surface area contributed by atoms with Gasteiger partial charge in [0, 0.05) is 19.5 Å². The lowest BCUT2D eigenvalue weighted by atomic mass is 10.0. The van der Waals surface area contributed by atoms with Crippen molar-refractivity contribution in [3.63, 3.8) is 0 Å². The van der Waals surface area contributed by atoms with E-state index in [9.17, 15) is 9.59 Å². The first-order valence-electron chi connectivity index (χ1n) is 9.24. The Labute approximate surface area is 156 Å². The lowest BCUT2D eigenvalue weighted by Gasteiger charge is -2.16. The molecule has 2 fully saturated rings. The number of amidine groups is 1. The highest BCUT2D eigenvalue weighted by atomic mass is 32.2. The molecule has 4 unspecified atom stereocenters. The number of nitrogens with one attached hydrogen (secondary N) is 1. The van der Waals surface area contributed by atoms with Crippen LogP contribution in [0.25, 0.3) is 0 Å². The van der Waals surface area contributed by atoms with Crippen molar-refractivity contribution in [2.75, 3.05) is 0 Å². The first-order valence-corrected chi connectivity index (χ1v) is 10.1. The molecule has 0 aromatic heterocycles. The van der Waals surface area contributed by atoms with E-state index < -0.39 is 0 Å². The van der Waals surface area contributed by atoms with Crippen LogP contribution in [-0.4, -0.2) is 33.2 Å². The van der Waals surface area contributed by atoms with Crippen LogP contribution in [0.15, 0.2) is 41.4 Å². The third kappa shape index (κ3) is 2.86. The molecule has 1 saturated heterocycles. The van der Waals surface area contributed by atoms with Gasteiger partial charge in [-0.3, -0.25) is 14.6 Å². The predicted octanol–water partition coefficient (Wildman–Crippen LogP) is 2.47. The third-order valence-corrected chi connectivity index (χ3v) is 6.95. The van der Waals surface area contributed by atoms with E-state index in [4.69, 9.17) is 4.99 Å². The summed E-state index contributed by atoms with van der Waals surface area (Å²) in [7, 11) is 0. The number of nitrogens with zero attached hydrogens (tertiary/aromatic N) is 2. The number of allylic oxidation sites excluding steroid dienone is 1. The molecule has 5 nitrogen and oxygen atoms in total. The number of amides is 2. The number of thioether (sulfide) groups is 1. The molecule has 1 aromatic carbocycles. The molecule has 0 spiro atoms. The maximum atomic E-state index is 12.7. The van der Waals surface area contributed by atoms with Gasteiger partial charge in [-0.2, -0.15) is 0 Å². The van der Waals surface area contributed by atoms with E-state index in [0.29, 0.717) is 30.1 Å². The fourth-order valence-corrected chi connectivity index (χ4v) is 5.47. The van der Waals surface area contributed by atoms with Crippen molar-refractivity contribution < 1.29 is 9.59 Å². The summed E-state index contributed by atoms with van der Waals surface area (Å²) in [5.74, 6) is 1.13. The van der Waals surface area contributed by atoms with Crippen molar-refractivity contribution >= 4 is 28.7 Å². The Morgan fingerprint density at radius 2 is 1.96 bits per heavy atom. The second kappa shape index (κ2) is 6.27. The molecule has 2 aliphatic heterocycles. The fourth-order valence-electron chi connectivity index (χ4n) is 4.45. The quantitative estimate of drug-likeness (QED) is 0.835. The van der Waals surface area contributed by atoms with E-state index >= 15 is 0 Å². The van der Waals surface area contributed by atoms with E-state index in [1.165, 1.54) is 29.3 Å². The van der Waals surface area contributed by atoms with Crippen molar-refractivity contribution in [1.29, 1.82) is 0 Å². The van der Waals surface area contributed by atoms with Crippen molar-refractivity contribution in [1.82, 2.24) is 10.2 Å². The molecular formula is C20H21N3O2S. The Hall–Kier alpha value is -2.08. The van der Waals surface area contributed by atoms with Crippen LogP contribution < -0.4 is 5.32 Å². The van der Waals surface area contributed by atoms with Gasteiger partial charge in [-0.05, 0) is 35.8 Å². The van der Waals surface area contributed by atoms with Crippen LogP contribution in [0, 0.1) is 11.8 Å². The van der Waals surface area contributed by atoms with Gasteiger partial charge >= 0.3 is 0 Å².